The summed E-state index contributed by atoms with van der Waals surface area (Å²) in [5.41, 5.74) is 0.444. The summed E-state index contributed by atoms with van der Waals surface area (Å²) >= 11 is 0. The zero-order chi connectivity index (χ0) is 22.0. The lowest BCUT2D eigenvalue weighted by Crippen LogP contribution is -2.50. The number of amides is 1. The first kappa shape index (κ1) is 20.8. The zero-order valence-electron chi connectivity index (χ0n) is 16.7. The van der Waals surface area contributed by atoms with Crippen molar-refractivity contribution in [2.75, 3.05) is 37.7 Å². The summed E-state index contributed by atoms with van der Waals surface area (Å²) in [5.74, 6) is 0.378. The predicted octanol–water partition coefficient (Wildman–Crippen LogP) is 1.99. The Kier molecular flexibility index (Phi) is 5.61. The fourth-order valence-corrected chi connectivity index (χ4v) is 3.39. The van der Waals surface area contributed by atoms with E-state index in [4.69, 9.17) is 4.74 Å². The highest BCUT2D eigenvalue weighted by Crippen LogP contribution is 2.31. The van der Waals surface area contributed by atoms with Crippen LogP contribution in [0.25, 0.3) is 11.2 Å². The van der Waals surface area contributed by atoms with E-state index in [1.165, 1.54) is 18.5 Å². The van der Waals surface area contributed by atoms with E-state index in [1.54, 1.807) is 9.58 Å². The van der Waals surface area contributed by atoms with Crippen LogP contribution >= 0.6 is 0 Å². The molecule has 0 saturated carbocycles. The molecule has 0 atom stereocenters. The minimum absolute atomic E-state index is 0.00389. The number of fused-ring (bicyclic) bond motifs is 1. The number of anilines is 1. The van der Waals surface area contributed by atoms with Crippen molar-refractivity contribution in [3.63, 3.8) is 0 Å². The summed E-state index contributed by atoms with van der Waals surface area (Å²) in [6.45, 7) is 4.17. The molecule has 0 bridgehead atoms. The minimum Gasteiger partial charge on any atom is -0.484 e. The van der Waals surface area contributed by atoms with E-state index in [-0.39, 0.29) is 18.3 Å². The summed E-state index contributed by atoms with van der Waals surface area (Å²) in [5, 5.41) is 8.24. The lowest BCUT2D eigenvalue weighted by atomic mass is 10.2. The Morgan fingerprint density at radius 3 is 2.65 bits per heavy atom. The number of aryl methyl sites for hydroxylation is 1. The van der Waals surface area contributed by atoms with Gasteiger partial charge in [0, 0.05) is 32.7 Å². The molecule has 3 aromatic rings. The van der Waals surface area contributed by atoms with E-state index >= 15 is 0 Å². The molecule has 1 aliphatic heterocycles. The van der Waals surface area contributed by atoms with Gasteiger partial charge in [0.1, 0.15) is 12.1 Å². The molecule has 1 amide bonds. The van der Waals surface area contributed by atoms with Crippen LogP contribution in [0.5, 0.6) is 5.75 Å². The number of carbonyl (C=O) groups excluding carboxylic acids is 1. The fraction of sp³-hybridized carbons (Fsp3) is 0.421. The van der Waals surface area contributed by atoms with E-state index in [9.17, 15) is 18.0 Å². The normalized spacial score (nSPS) is 14.8. The summed E-state index contributed by atoms with van der Waals surface area (Å²) in [4.78, 5) is 24.7. The second-order valence-electron chi connectivity index (χ2n) is 6.96. The standard InChI is InChI=1S/C19H20F3N7O2/c1-2-29-18-16(25-26-29)17(23-12-24-18)28-8-6-27(7-9-28)15(30)11-31-14-5-3-4-13(10-14)19(20,21)22/h3-5,10,12H,2,6-9,11H2,1H3. The first-order valence-corrected chi connectivity index (χ1v) is 9.74. The topological polar surface area (TPSA) is 89.3 Å². The van der Waals surface area contributed by atoms with Gasteiger partial charge in [-0.2, -0.15) is 13.2 Å². The number of benzene rings is 1. The molecule has 3 heterocycles. The molecule has 0 spiro atoms. The maximum absolute atomic E-state index is 12.8. The van der Waals surface area contributed by atoms with E-state index in [1.807, 2.05) is 11.8 Å². The van der Waals surface area contributed by atoms with Gasteiger partial charge < -0.3 is 14.5 Å². The number of ether oxygens (including phenoxy) is 1. The third-order valence-electron chi connectivity index (χ3n) is 5.04. The van der Waals surface area contributed by atoms with Gasteiger partial charge in [0.2, 0.25) is 0 Å². The van der Waals surface area contributed by atoms with E-state index in [0.29, 0.717) is 49.7 Å². The van der Waals surface area contributed by atoms with Gasteiger partial charge in [-0.1, -0.05) is 11.3 Å². The average molecular weight is 435 g/mol. The van der Waals surface area contributed by atoms with Crippen LogP contribution in [0.3, 0.4) is 0 Å². The molecular weight excluding hydrogens is 415 g/mol. The van der Waals surface area contributed by atoms with Crippen molar-refractivity contribution in [2.45, 2.75) is 19.6 Å². The summed E-state index contributed by atoms with van der Waals surface area (Å²) < 4.78 is 45.4. The quantitative estimate of drug-likeness (QED) is 0.606. The molecule has 9 nitrogen and oxygen atoms in total. The number of rotatable bonds is 5. The predicted molar refractivity (Wildman–Crippen MR) is 105 cm³/mol. The molecule has 0 N–H and O–H groups in total. The number of hydrogen-bond acceptors (Lipinski definition) is 7. The third kappa shape index (κ3) is 4.37. The van der Waals surface area contributed by atoms with Crippen molar-refractivity contribution in [3.05, 3.63) is 36.2 Å². The van der Waals surface area contributed by atoms with Crippen LogP contribution < -0.4 is 9.64 Å². The van der Waals surface area contributed by atoms with E-state index in [2.05, 4.69) is 20.3 Å². The largest absolute Gasteiger partial charge is 0.484 e. The number of hydrogen-bond donors (Lipinski definition) is 0. The Morgan fingerprint density at radius 2 is 1.94 bits per heavy atom. The lowest BCUT2D eigenvalue weighted by Gasteiger charge is -2.35. The highest BCUT2D eigenvalue weighted by Gasteiger charge is 2.31. The number of carbonyl (C=O) groups is 1. The van der Waals surface area contributed by atoms with Gasteiger partial charge in [-0.05, 0) is 25.1 Å². The van der Waals surface area contributed by atoms with Crippen molar-refractivity contribution in [2.24, 2.45) is 0 Å². The number of aromatic nitrogens is 5. The molecular formula is C19H20F3N7O2. The molecule has 0 radical (unpaired) electrons. The smallest absolute Gasteiger partial charge is 0.416 e. The number of piperazine rings is 1. The first-order chi connectivity index (χ1) is 14.9. The van der Waals surface area contributed by atoms with E-state index < -0.39 is 11.7 Å². The van der Waals surface area contributed by atoms with Crippen LogP contribution in [0.15, 0.2) is 30.6 Å². The zero-order valence-corrected chi connectivity index (χ0v) is 16.7. The summed E-state index contributed by atoms with van der Waals surface area (Å²) in [6, 6.07) is 4.48. The van der Waals surface area contributed by atoms with Gasteiger partial charge in [-0.15, -0.1) is 5.10 Å². The van der Waals surface area contributed by atoms with Crippen LogP contribution in [0.2, 0.25) is 0 Å². The van der Waals surface area contributed by atoms with Gasteiger partial charge in [0.05, 0.1) is 5.56 Å². The molecule has 1 fully saturated rings. The molecule has 12 heteroatoms. The molecule has 4 rings (SSSR count). The summed E-state index contributed by atoms with van der Waals surface area (Å²) in [6.07, 6.45) is -3.00. The van der Waals surface area contributed by atoms with Crippen molar-refractivity contribution in [1.82, 2.24) is 29.9 Å². The van der Waals surface area contributed by atoms with Crippen LogP contribution in [0.4, 0.5) is 19.0 Å². The Hall–Kier alpha value is -3.44. The van der Waals surface area contributed by atoms with Crippen molar-refractivity contribution >= 4 is 22.9 Å². The molecule has 31 heavy (non-hydrogen) atoms. The van der Waals surface area contributed by atoms with Crippen LogP contribution in [-0.2, 0) is 17.5 Å². The molecule has 164 valence electrons. The van der Waals surface area contributed by atoms with Crippen LogP contribution in [-0.4, -0.2) is 68.6 Å². The summed E-state index contributed by atoms with van der Waals surface area (Å²) in [7, 11) is 0. The molecule has 0 aliphatic carbocycles. The molecule has 0 unspecified atom stereocenters. The van der Waals surface area contributed by atoms with Gasteiger partial charge in [0.25, 0.3) is 5.91 Å². The van der Waals surface area contributed by atoms with Crippen molar-refractivity contribution in [1.29, 1.82) is 0 Å². The maximum atomic E-state index is 12.8. The highest BCUT2D eigenvalue weighted by molar-refractivity contribution is 5.83. The van der Waals surface area contributed by atoms with Crippen LogP contribution in [0, 0.1) is 0 Å². The Balaban J connectivity index is 1.35. The van der Waals surface area contributed by atoms with Crippen molar-refractivity contribution in [3.8, 4) is 5.75 Å². The number of nitrogens with zero attached hydrogens (tertiary/aromatic N) is 7. The van der Waals surface area contributed by atoms with Crippen LogP contribution in [0.1, 0.15) is 12.5 Å². The number of alkyl halides is 3. The average Bonchev–Trinajstić information content (AvgIpc) is 3.20. The highest BCUT2D eigenvalue weighted by atomic mass is 19.4. The fourth-order valence-electron chi connectivity index (χ4n) is 3.39. The maximum Gasteiger partial charge on any atom is 0.416 e. The van der Waals surface area contributed by atoms with Gasteiger partial charge in [0.15, 0.2) is 23.6 Å². The second-order valence-corrected chi connectivity index (χ2v) is 6.96. The third-order valence-corrected chi connectivity index (χ3v) is 5.04. The van der Waals surface area contributed by atoms with E-state index in [0.717, 1.165) is 12.1 Å². The SMILES string of the molecule is CCn1nnc2c(N3CCN(C(=O)COc4cccc(C(F)(F)F)c4)CC3)ncnc21. The van der Waals surface area contributed by atoms with Gasteiger partial charge in [-0.25, -0.2) is 14.6 Å². The van der Waals surface area contributed by atoms with Crippen molar-refractivity contribution < 1.29 is 22.7 Å². The van der Waals surface area contributed by atoms with Gasteiger partial charge >= 0.3 is 6.18 Å². The molecule has 2 aromatic heterocycles. The minimum atomic E-state index is -4.46. The molecule has 1 saturated heterocycles. The first-order valence-electron chi connectivity index (χ1n) is 9.74. The Morgan fingerprint density at radius 1 is 1.16 bits per heavy atom. The Bertz CT molecular complexity index is 1080. The molecule has 1 aromatic carbocycles. The second kappa shape index (κ2) is 8.36. The monoisotopic (exact) mass is 435 g/mol. The lowest BCUT2D eigenvalue weighted by molar-refractivity contribution is -0.137. The number of halogens is 3. The van der Waals surface area contributed by atoms with Gasteiger partial charge in [-0.3, -0.25) is 4.79 Å². The molecule has 1 aliphatic rings. The Labute approximate surface area is 175 Å².